The Balaban J connectivity index is 1.42. The number of hydrogen-bond acceptors (Lipinski definition) is 4. The van der Waals surface area contributed by atoms with Gasteiger partial charge in [-0.25, -0.2) is 8.78 Å². The Bertz CT molecular complexity index is 1300. The summed E-state index contributed by atoms with van der Waals surface area (Å²) in [6.07, 6.45) is 3.02. The predicted octanol–water partition coefficient (Wildman–Crippen LogP) is 3.88. The maximum Gasteiger partial charge on any atom is 0.225 e. The lowest BCUT2D eigenvalue weighted by atomic mass is 9.68. The summed E-state index contributed by atoms with van der Waals surface area (Å²) in [5.74, 6) is 0.106. The number of halogens is 2. The minimum absolute atomic E-state index is 0.130. The molecule has 2 N–H and O–H groups in total. The first kappa shape index (κ1) is 22.5. The monoisotopic (exact) mass is 481 g/mol. The third-order valence-corrected chi connectivity index (χ3v) is 8.15. The lowest BCUT2D eigenvalue weighted by molar-refractivity contribution is -0.148. The molecule has 2 fully saturated rings. The molecule has 1 aromatic heterocycles. The van der Waals surface area contributed by atoms with Crippen LogP contribution in [0.5, 0.6) is 5.75 Å². The van der Waals surface area contributed by atoms with E-state index in [2.05, 4.69) is 4.98 Å². The first-order chi connectivity index (χ1) is 16.9. The average Bonchev–Trinajstić information content (AvgIpc) is 3.17. The van der Waals surface area contributed by atoms with Crippen molar-refractivity contribution in [1.29, 1.82) is 0 Å². The van der Waals surface area contributed by atoms with Crippen LogP contribution in [0, 0.1) is 17.6 Å². The Morgan fingerprint density at radius 1 is 1.17 bits per heavy atom. The van der Waals surface area contributed by atoms with E-state index in [-0.39, 0.29) is 36.0 Å². The Morgan fingerprint density at radius 2 is 1.97 bits per heavy atom. The molecule has 6 nitrogen and oxygen atoms in total. The molecular formula is C27H29F2N3O3. The van der Waals surface area contributed by atoms with Gasteiger partial charge in [0.15, 0.2) is 0 Å². The highest BCUT2D eigenvalue weighted by Gasteiger charge is 2.54. The SMILES string of the molecule is COc1ccc2c3c([nH]c2c1)[C@H](CO)N(Cc1cc(F)ccc1F)CC31CN(C(=O)C2CCC2)C1. The molecular weight excluding hydrogens is 452 g/mol. The standard InChI is InChI=1S/C27H29F2N3O3/c1-35-19-6-7-20-22(10-19)30-25-23(12-33)31(11-17-9-18(28)5-8-21(17)29)13-27(24(20)25)14-32(15-27)26(34)16-3-2-4-16/h5-10,16,23,30,33H,2-4,11-15H2,1H3/t23-/m0/s1. The highest BCUT2D eigenvalue weighted by Crippen LogP contribution is 2.49. The third-order valence-electron chi connectivity index (χ3n) is 8.15. The topological polar surface area (TPSA) is 68.8 Å². The number of hydrogen-bond donors (Lipinski definition) is 2. The fourth-order valence-electron chi connectivity index (χ4n) is 6.17. The van der Waals surface area contributed by atoms with Crippen molar-refractivity contribution < 1.29 is 23.4 Å². The molecule has 3 aromatic rings. The zero-order valence-corrected chi connectivity index (χ0v) is 19.7. The van der Waals surface area contributed by atoms with E-state index >= 15 is 0 Å². The number of carbonyl (C=O) groups excluding carboxylic acids is 1. The van der Waals surface area contributed by atoms with Crippen molar-refractivity contribution in [2.75, 3.05) is 33.4 Å². The van der Waals surface area contributed by atoms with Crippen molar-refractivity contribution in [3.63, 3.8) is 0 Å². The number of benzene rings is 2. The van der Waals surface area contributed by atoms with Gasteiger partial charge in [-0.1, -0.05) is 6.42 Å². The summed E-state index contributed by atoms with van der Waals surface area (Å²) in [6, 6.07) is 8.94. The van der Waals surface area contributed by atoms with Crippen LogP contribution in [0.4, 0.5) is 8.78 Å². The number of carbonyl (C=O) groups is 1. The third kappa shape index (κ3) is 3.53. The van der Waals surface area contributed by atoms with Gasteiger partial charge in [0.1, 0.15) is 17.4 Å². The fourth-order valence-corrected chi connectivity index (χ4v) is 6.17. The van der Waals surface area contributed by atoms with Crippen LogP contribution in [-0.4, -0.2) is 59.1 Å². The lowest BCUT2D eigenvalue weighted by Crippen LogP contribution is -2.68. The number of nitrogens with one attached hydrogen (secondary N) is 1. The van der Waals surface area contributed by atoms with E-state index in [1.54, 1.807) is 7.11 Å². The molecule has 1 atom stereocenters. The Labute approximate surface area is 202 Å². The summed E-state index contributed by atoms with van der Waals surface area (Å²) in [7, 11) is 1.62. The summed E-state index contributed by atoms with van der Waals surface area (Å²) in [4.78, 5) is 20.4. The van der Waals surface area contributed by atoms with E-state index in [1.807, 2.05) is 28.0 Å². The number of aromatic amines is 1. The van der Waals surface area contributed by atoms with Crippen molar-refractivity contribution in [3.05, 3.63) is 64.9 Å². The molecule has 184 valence electrons. The molecule has 6 rings (SSSR count). The van der Waals surface area contributed by atoms with Gasteiger partial charge in [-0.05, 0) is 48.7 Å². The van der Waals surface area contributed by atoms with Crippen molar-refractivity contribution in [2.45, 2.75) is 37.3 Å². The second kappa shape index (κ2) is 8.31. The van der Waals surface area contributed by atoms with Crippen LogP contribution in [0.15, 0.2) is 36.4 Å². The van der Waals surface area contributed by atoms with E-state index < -0.39 is 17.7 Å². The maximum atomic E-state index is 14.6. The molecule has 1 aliphatic carbocycles. The second-order valence-corrected chi connectivity index (χ2v) is 10.3. The number of aromatic nitrogens is 1. The van der Waals surface area contributed by atoms with Crippen LogP contribution in [0.1, 0.15) is 42.1 Å². The molecule has 2 aromatic carbocycles. The maximum absolute atomic E-state index is 14.6. The summed E-state index contributed by atoms with van der Waals surface area (Å²) in [6.45, 7) is 1.68. The second-order valence-electron chi connectivity index (χ2n) is 10.3. The van der Waals surface area contributed by atoms with Gasteiger partial charge in [0.25, 0.3) is 0 Å². The number of rotatable bonds is 5. The normalized spacial score (nSPS) is 21.6. The van der Waals surface area contributed by atoms with E-state index in [0.29, 0.717) is 19.6 Å². The molecule has 1 amide bonds. The number of fused-ring (bicyclic) bond motifs is 4. The van der Waals surface area contributed by atoms with Crippen LogP contribution in [0.2, 0.25) is 0 Å². The first-order valence-electron chi connectivity index (χ1n) is 12.2. The molecule has 0 bridgehead atoms. The summed E-state index contributed by atoms with van der Waals surface area (Å²) >= 11 is 0. The zero-order valence-electron chi connectivity index (χ0n) is 19.7. The van der Waals surface area contributed by atoms with Crippen LogP contribution >= 0.6 is 0 Å². The van der Waals surface area contributed by atoms with Crippen LogP contribution in [-0.2, 0) is 16.8 Å². The van der Waals surface area contributed by atoms with E-state index in [1.165, 1.54) is 6.07 Å². The largest absolute Gasteiger partial charge is 0.497 e. The highest BCUT2D eigenvalue weighted by atomic mass is 19.1. The van der Waals surface area contributed by atoms with Gasteiger partial charge in [0.2, 0.25) is 5.91 Å². The fraction of sp³-hybridized carbons (Fsp3) is 0.444. The Hall–Kier alpha value is -2.97. The van der Waals surface area contributed by atoms with Crippen LogP contribution in [0.3, 0.4) is 0 Å². The van der Waals surface area contributed by atoms with E-state index in [9.17, 15) is 18.7 Å². The van der Waals surface area contributed by atoms with Crippen molar-refractivity contribution in [2.24, 2.45) is 5.92 Å². The number of methoxy groups -OCH3 is 1. The minimum atomic E-state index is -0.493. The minimum Gasteiger partial charge on any atom is -0.497 e. The van der Waals surface area contributed by atoms with Gasteiger partial charge in [-0.15, -0.1) is 0 Å². The molecule has 8 heteroatoms. The summed E-state index contributed by atoms with van der Waals surface area (Å²) in [5.41, 5.74) is 2.78. The van der Waals surface area contributed by atoms with Gasteiger partial charge < -0.3 is 19.7 Å². The van der Waals surface area contributed by atoms with Crippen molar-refractivity contribution >= 4 is 16.8 Å². The number of amides is 1. The Kier molecular flexibility index (Phi) is 5.34. The van der Waals surface area contributed by atoms with Crippen molar-refractivity contribution in [1.82, 2.24) is 14.8 Å². The lowest BCUT2D eigenvalue weighted by Gasteiger charge is -2.57. The quantitative estimate of drug-likeness (QED) is 0.580. The predicted molar refractivity (Wildman–Crippen MR) is 127 cm³/mol. The van der Waals surface area contributed by atoms with Crippen LogP contribution < -0.4 is 4.74 Å². The number of ether oxygens (including phenoxy) is 1. The van der Waals surface area contributed by atoms with Crippen molar-refractivity contribution in [3.8, 4) is 5.75 Å². The number of nitrogens with zero attached hydrogens (tertiary/aromatic N) is 2. The molecule has 3 aliphatic rings. The molecule has 1 saturated carbocycles. The van der Waals surface area contributed by atoms with Gasteiger partial charge in [0.05, 0.1) is 19.8 Å². The summed E-state index contributed by atoms with van der Waals surface area (Å²) < 4.78 is 33.9. The smallest absolute Gasteiger partial charge is 0.225 e. The molecule has 3 heterocycles. The molecule has 35 heavy (non-hydrogen) atoms. The molecule has 1 saturated heterocycles. The van der Waals surface area contributed by atoms with E-state index in [4.69, 9.17) is 4.74 Å². The number of H-pyrrole nitrogens is 1. The summed E-state index contributed by atoms with van der Waals surface area (Å²) in [5, 5.41) is 11.5. The highest BCUT2D eigenvalue weighted by molar-refractivity contribution is 5.89. The van der Waals surface area contributed by atoms with Gasteiger partial charge in [-0.3, -0.25) is 9.69 Å². The molecule has 2 aliphatic heterocycles. The van der Waals surface area contributed by atoms with Gasteiger partial charge >= 0.3 is 0 Å². The van der Waals surface area contributed by atoms with Gasteiger partial charge in [0, 0.05) is 65.7 Å². The zero-order chi connectivity index (χ0) is 24.3. The molecule has 0 radical (unpaired) electrons. The van der Waals surface area contributed by atoms with Gasteiger partial charge in [-0.2, -0.15) is 0 Å². The van der Waals surface area contributed by atoms with Crippen LogP contribution in [0.25, 0.3) is 10.9 Å². The average molecular weight is 482 g/mol. The Morgan fingerprint density at radius 3 is 2.66 bits per heavy atom. The van der Waals surface area contributed by atoms with E-state index in [0.717, 1.165) is 59.3 Å². The molecule has 0 unspecified atom stereocenters. The number of likely N-dealkylation sites (tertiary alicyclic amines) is 1. The molecule has 1 spiro atoms. The first-order valence-corrected chi connectivity index (χ1v) is 12.2. The number of aliphatic hydroxyl groups is 1. The number of aliphatic hydroxyl groups excluding tert-OH is 1.